The highest BCUT2D eigenvalue weighted by Gasteiger charge is 2.26. The lowest BCUT2D eigenvalue weighted by Gasteiger charge is -2.19. The smallest absolute Gasteiger partial charge is 0.462 e. The van der Waals surface area contributed by atoms with Crippen molar-refractivity contribution in [1.29, 1.82) is 0 Å². The maximum Gasteiger partial charge on any atom is 0.472 e. The van der Waals surface area contributed by atoms with E-state index in [0.29, 0.717) is 6.42 Å². The van der Waals surface area contributed by atoms with Crippen molar-refractivity contribution in [2.24, 2.45) is 5.73 Å². The fraction of sp³-hybridized carbons (Fsp3) is 0.750. The van der Waals surface area contributed by atoms with Crippen LogP contribution >= 0.6 is 7.82 Å². The van der Waals surface area contributed by atoms with Gasteiger partial charge in [0.2, 0.25) is 0 Å². The van der Waals surface area contributed by atoms with Gasteiger partial charge in [0.1, 0.15) is 6.61 Å². The third kappa shape index (κ3) is 50.9. The minimum atomic E-state index is -4.39. The van der Waals surface area contributed by atoms with E-state index in [2.05, 4.69) is 86.8 Å². The van der Waals surface area contributed by atoms with Crippen LogP contribution in [0.4, 0.5) is 0 Å². The fourth-order valence-corrected chi connectivity index (χ4v) is 8.17. The summed E-state index contributed by atoms with van der Waals surface area (Å²) in [6.07, 6.45) is 65.1. The minimum Gasteiger partial charge on any atom is -0.462 e. The normalized spacial score (nSPS) is 13.7. The van der Waals surface area contributed by atoms with Gasteiger partial charge in [-0.15, -0.1) is 0 Å². The van der Waals surface area contributed by atoms with Gasteiger partial charge in [-0.05, 0) is 64.2 Å². The molecule has 0 saturated carbocycles. The summed E-state index contributed by atoms with van der Waals surface area (Å²) in [6.45, 7) is 3.64. The second-order valence-electron chi connectivity index (χ2n) is 17.7. The lowest BCUT2D eigenvalue weighted by Crippen LogP contribution is -2.29. The lowest BCUT2D eigenvalue weighted by atomic mass is 10.0. The topological polar surface area (TPSA) is 134 Å². The molecule has 0 bridgehead atoms. The van der Waals surface area contributed by atoms with Gasteiger partial charge in [-0.2, -0.15) is 0 Å². The highest BCUT2D eigenvalue weighted by atomic mass is 31.2. The van der Waals surface area contributed by atoms with Crippen LogP contribution in [0.25, 0.3) is 0 Å². The maximum atomic E-state index is 12.7. The molecule has 2 unspecified atom stereocenters. The van der Waals surface area contributed by atoms with Gasteiger partial charge in [0.05, 0.1) is 13.2 Å². The Bertz CT molecular complexity index is 1310. The largest absolute Gasteiger partial charge is 0.472 e. The molecule has 0 aromatic heterocycles. The second kappa shape index (κ2) is 51.8. The van der Waals surface area contributed by atoms with Crippen LogP contribution in [0, 0.1) is 0 Å². The third-order valence-corrected chi connectivity index (χ3v) is 12.3. The fourth-order valence-electron chi connectivity index (χ4n) is 7.40. The molecule has 0 aromatic rings. The zero-order chi connectivity index (χ0) is 48.1. The number of phosphoric ester groups is 1. The molecule has 10 heteroatoms. The number of nitrogens with two attached hydrogens (primary N) is 1. The molecule has 0 fully saturated rings. The Labute approximate surface area is 405 Å². The van der Waals surface area contributed by atoms with E-state index in [1.807, 2.05) is 0 Å². The minimum absolute atomic E-state index is 0.0500. The molecule has 66 heavy (non-hydrogen) atoms. The quantitative estimate of drug-likeness (QED) is 0.0264. The van der Waals surface area contributed by atoms with E-state index in [4.69, 9.17) is 24.3 Å². The zero-order valence-electron chi connectivity index (χ0n) is 42.4. The monoisotopic (exact) mass is 946 g/mol. The van der Waals surface area contributed by atoms with E-state index in [1.165, 1.54) is 122 Å². The second-order valence-corrected chi connectivity index (χ2v) is 19.2. The molecule has 0 rings (SSSR count). The van der Waals surface area contributed by atoms with E-state index in [-0.39, 0.29) is 38.6 Å². The number of phosphoric acid groups is 1. The summed E-state index contributed by atoms with van der Waals surface area (Å²) in [7, 11) is -4.39. The molecular formula is C56H100NO8P. The van der Waals surface area contributed by atoms with E-state index in [1.54, 1.807) is 0 Å². The van der Waals surface area contributed by atoms with Crippen LogP contribution in [-0.2, 0) is 32.7 Å². The van der Waals surface area contributed by atoms with E-state index in [9.17, 15) is 19.0 Å². The summed E-state index contributed by atoms with van der Waals surface area (Å²) in [5.74, 6) is -0.832. The van der Waals surface area contributed by atoms with Crippen molar-refractivity contribution < 1.29 is 37.6 Å². The van der Waals surface area contributed by atoms with Gasteiger partial charge < -0.3 is 20.1 Å². The molecule has 0 heterocycles. The SMILES string of the molecule is CC/C=C\C/C=C\C/C=C\C/C=C\C/C=C\C/C=C\CCCCCCCCCCC(=O)OC(COC(=O)CCCCCCCCCCCCCCCCCCCC)COP(=O)(O)OCCN. The first-order valence-corrected chi connectivity index (χ1v) is 28.4. The molecule has 0 radical (unpaired) electrons. The Morgan fingerprint density at radius 2 is 0.833 bits per heavy atom. The Kier molecular flexibility index (Phi) is 49.8. The number of ether oxygens (including phenoxy) is 2. The number of hydrogen-bond donors (Lipinski definition) is 2. The Morgan fingerprint density at radius 3 is 1.24 bits per heavy atom. The average Bonchev–Trinajstić information content (AvgIpc) is 3.31. The van der Waals surface area contributed by atoms with Crippen molar-refractivity contribution in [2.45, 2.75) is 245 Å². The predicted molar refractivity (Wildman–Crippen MR) is 279 cm³/mol. The molecule has 0 aliphatic carbocycles. The molecular weight excluding hydrogens is 846 g/mol. The van der Waals surface area contributed by atoms with Crippen molar-refractivity contribution in [3.05, 3.63) is 72.9 Å². The maximum absolute atomic E-state index is 12.7. The Balaban J connectivity index is 4.04. The predicted octanol–water partition coefficient (Wildman–Crippen LogP) is 16.6. The van der Waals surface area contributed by atoms with Crippen molar-refractivity contribution in [3.8, 4) is 0 Å². The molecule has 0 aliphatic rings. The van der Waals surface area contributed by atoms with Gasteiger partial charge in [0.15, 0.2) is 6.10 Å². The first-order valence-electron chi connectivity index (χ1n) is 26.9. The molecule has 9 nitrogen and oxygen atoms in total. The number of allylic oxidation sites excluding steroid dienone is 12. The van der Waals surface area contributed by atoms with Crippen LogP contribution in [0.15, 0.2) is 72.9 Å². The summed E-state index contributed by atoms with van der Waals surface area (Å²) < 4.78 is 33.0. The van der Waals surface area contributed by atoms with E-state index in [0.717, 1.165) is 83.5 Å². The molecule has 2 atom stereocenters. The zero-order valence-corrected chi connectivity index (χ0v) is 43.3. The Hall–Kier alpha value is -2.55. The van der Waals surface area contributed by atoms with Gasteiger partial charge >= 0.3 is 19.8 Å². The Morgan fingerprint density at radius 1 is 0.470 bits per heavy atom. The number of carbonyl (C=O) groups is 2. The molecule has 3 N–H and O–H groups in total. The van der Waals surface area contributed by atoms with Gasteiger partial charge in [-0.25, -0.2) is 4.57 Å². The van der Waals surface area contributed by atoms with E-state index < -0.39 is 26.5 Å². The summed E-state index contributed by atoms with van der Waals surface area (Å²) in [5, 5.41) is 0. The lowest BCUT2D eigenvalue weighted by molar-refractivity contribution is -0.161. The highest BCUT2D eigenvalue weighted by molar-refractivity contribution is 7.47. The molecule has 0 saturated heterocycles. The van der Waals surface area contributed by atoms with Gasteiger partial charge in [0, 0.05) is 19.4 Å². The molecule has 0 aromatic carbocycles. The van der Waals surface area contributed by atoms with Gasteiger partial charge in [-0.3, -0.25) is 18.6 Å². The molecule has 0 amide bonds. The van der Waals surface area contributed by atoms with Crippen LogP contribution in [0.2, 0.25) is 0 Å². The van der Waals surface area contributed by atoms with Gasteiger partial charge in [0.25, 0.3) is 0 Å². The summed E-state index contributed by atoms with van der Waals surface area (Å²) >= 11 is 0. The standard InChI is InChI=1S/C56H100NO8P/c1-3-5-7-9-11-13-15-17-19-21-23-24-25-26-27-28-29-30-31-33-35-37-39-41-43-45-47-49-56(59)65-54(53-64-66(60,61)63-51-50-57)52-62-55(58)48-46-44-42-40-38-36-34-32-22-20-18-16-14-12-10-8-6-4-2/h5,7,11,13,17,19,23-24,26-27,29-30,54H,3-4,6,8-10,12,14-16,18,20-22,25,28,31-53,57H2,1-2H3,(H,60,61)/b7-5-,13-11-,19-17-,24-23-,27-26-,30-29-. The van der Waals surface area contributed by atoms with Crippen LogP contribution in [0.3, 0.4) is 0 Å². The third-order valence-electron chi connectivity index (χ3n) is 11.4. The molecule has 0 aliphatic heterocycles. The first kappa shape index (κ1) is 63.5. The summed E-state index contributed by atoms with van der Waals surface area (Å²) in [4.78, 5) is 35.1. The van der Waals surface area contributed by atoms with Gasteiger partial charge in [-0.1, -0.05) is 234 Å². The van der Waals surface area contributed by atoms with Crippen LogP contribution in [0.1, 0.15) is 239 Å². The molecule has 0 spiro atoms. The van der Waals surface area contributed by atoms with Crippen LogP contribution < -0.4 is 5.73 Å². The van der Waals surface area contributed by atoms with Crippen molar-refractivity contribution in [3.63, 3.8) is 0 Å². The van der Waals surface area contributed by atoms with Crippen LogP contribution in [-0.4, -0.2) is 49.3 Å². The highest BCUT2D eigenvalue weighted by Crippen LogP contribution is 2.43. The summed E-state index contributed by atoms with van der Waals surface area (Å²) in [5.41, 5.74) is 5.37. The average molecular weight is 946 g/mol. The van der Waals surface area contributed by atoms with Crippen molar-refractivity contribution in [1.82, 2.24) is 0 Å². The molecule has 382 valence electrons. The number of hydrogen-bond acceptors (Lipinski definition) is 8. The summed E-state index contributed by atoms with van der Waals surface area (Å²) in [6, 6.07) is 0. The number of unbranched alkanes of at least 4 members (excludes halogenated alkanes) is 25. The number of carbonyl (C=O) groups excluding carboxylic acids is 2. The van der Waals surface area contributed by atoms with Crippen molar-refractivity contribution >= 4 is 19.8 Å². The van der Waals surface area contributed by atoms with E-state index >= 15 is 0 Å². The van der Waals surface area contributed by atoms with Crippen LogP contribution in [0.5, 0.6) is 0 Å². The first-order chi connectivity index (χ1) is 32.3. The number of esters is 2. The van der Waals surface area contributed by atoms with Crippen molar-refractivity contribution in [2.75, 3.05) is 26.4 Å². The number of rotatable bonds is 50.